The van der Waals surface area contributed by atoms with E-state index < -0.39 is 34.3 Å². The van der Waals surface area contributed by atoms with E-state index in [1.807, 2.05) is 0 Å². The third-order valence-electron chi connectivity index (χ3n) is 1.61. The highest BCUT2D eigenvalue weighted by Gasteiger charge is 2.31. The molecule has 1 rings (SSSR count). The van der Waals surface area contributed by atoms with E-state index in [1.165, 1.54) is 22.6 Å². The molecule has 16 heavy (non-hydrogen) atoms. The molecule has 86 valence electrons. The van der Waals surface area contributed by atoms with E-state index in [-0.39, 0.29) is 3.70 Å². The molecule has 0 atom stereocenters. The number of carbonyl (C=O) groups is 1. The Hall–Kier alpha value is -1.39. The molecule has 0 fully saturated rings. The Morgan fingerprint density at radius 1 is 1.62 bits per heavy atom. The van der Waals surface area contributed by atoms with Crippen molar-refractivity contribution in [3.05, 3.63) is 31.1 Å². The summed E-state index contributed by atoms with van der Waals surface area (Å²) in [7, 11) is 0. The molecule has 6 nitrogen and oxygen atoms in total. The minimum Gasteiger partial charge on any atom is -0.476 e. The van der Waals surface area contributed by atoms with Gasteiger partial charge >= 0.3 is 11.7 Å². The highest BCUT2D eigenvalue weighted by atomic mass is 127. The van der Waals surface area contributed by atoms with E-state index in [4.69, 9.17) is 5.11 Å². The summed E-state index contributed by atoms with van der Waals surface area (Å²) in [5, 5.41) is 19.2. The minimum atomic E-state index is -3.13. The van der Waals surface area contributed by atoms with E-state index in [0.717, 1.165) is 6.07 Å². The molecule has 1 heterocycles. The number of pyridine rings is 1. The van der Waals surface area contributed by atoms with Crippen molar-refractivity contribution in [3.63, 3.8) is 0 Å². The first-order valence-electron chi connectivity index (χ1n) is 3.71. The Kier molecular flexibility index (Phi) is 3.67. The van der Waals surface area contributed by atoms with Gasteiger partial charge in [-0.15, -0.1) is 0 Å². The largest absolute Gasteiger partial charge is 0.476 e. The molecule has 0 unspecified atom stereocenters. The van der Waals surface area contributed by atoms with Crippen LogP contribution in [0, 0.1) is 13.8 Å². The lowest BCUT2D eigenvalue weighted by molar-refractivity contribution is -0.386. The first kappa shape index (κ1) is 12.7. The van der Waals surface area contributed by atoms with Gasteiger partial charge in [0.2, 0.25) is 5.69 Å². The number of aromatic carboxylic acids is 1. The molecule has 0 saturated carbocycles. The molecule has 0 aliphatic heterocycles. The van der Waals surface area contributed by atoms with Crippen molar-refractivity contribution in [1.29, 1.82) is 0 Å². The number of rotatable bonds is 3. The molecule has 0 aliphatic rings. The van der Waals surface area contributed by atoms with Gasteiger partial charge in [-0.05, 0) is 28.7 Å². The van der Waals surface area contributed by atoms with Gasteiger partial charge < -0.3 is 5.11 Å². The molecule has 0 bridgehead atoms. The fourth-order valence-corrected chi connectivity index (χ4v) is 1.61. The Balaban J connectivity index is 3.60. The first-order chi connectivity index (χ1) is 7.34. The summed E-state index contributed by atoms with van der Waals surface area (Å²) in [4.78, 5) is 23.3. The van der Waals surface area contributed by atoms with Crippen molar-refractivity contribution in [1.82, 2.24) is 4.98 Å². The number of carboxylic acid groups (broad SMARTS) is 1. The summed E-state index contributed by atoms with van der Waals surface area (Å²) in [6, 6.07) is 0.787. The van der Waals surface area contributed by atoms with Crippen molar-refractivity contribution in [2.45, 2.75) is 6.43 Å². The first-order valence-corrected chi connectivity index (χ1v) is 4.78. The van der Waals surface area contributed by atoms with Crippen molar-refractivity contribution < 1.29 is 23.6 Å². The lowest BCUT2D eigenvalue weighted by atomic mass is 10.2. The normalized spacial score (nSPS) is 10.5. The van der Waals surface area contributed by atoms with Gasteiger partial charge in [-0.3, -0.25) is 10.1 Å². The number of hydrogen-bond donors (Lipinski definition) is 1. The third-order valence-corrected chi connectivity index (χ3v) is 2.16. The summed E-state index contributed by atoms with van der Waals surface area (Å²) in [5.74, 6) is -1.72. The van der Waals surface area contributed by atoms with E-state index in [1.54, 1.807) is 0 Å². The maximum Gasteiger partial charge on any atom is 0.361 e. The number of alkyl halides is 2. The lowest BCUT2D eigenvalue weighted by Crippen LogP contribution is -2.10. The fraction of sp³-hybridized carbons (Fsp3) is 0.143. The molecule has 0 amide bonds. The molecule has 0 aromatic carbocycles. The molecule has 0 spiro atoms. The highest BCUT2D eigenvalue weighted by Crippen LogP contribution is 2.32. The maximum atomic E-state index is 12.5. The van der Waals surface area contributed by atoms with Crippen molar-refractivity contribution in [3.8, 4) is 0 Å². The van der Waals surface area contributed by atoms with Crippen LogP contribution in [0.4, 0.5) is 14.5 Å². The highest BCUT2D eigenvalue weighted by molar-refractivity contribution is 14.1. The van der Waals surface area contributed by atoms with E-state index in [2.05, 4.69) is 4.98 Å². The SMILES string of the molecule is O=C(O)c1nc(I)cc(C(F)F)c1[N+](=O)[O-]. The number of aromatic nitrogens is 1. The second kappa shape index (κ2) is 4.63. The summed E-state index contributed by atoms with van der Waals surface area (Å²) in [6.07, 6.45) is -3.13. The van der Waals surface area contributed by atoms with E-state index in [9.17, 15) is 23.7 Å². The summed E-state index contributed by atoms with van der Waals surface area (Å²) in [5.41, 5.74) is -3.09. The standard InChI is InChI=1S/C7H3F2IN2O4/c8-6(9)2-1-3(10)11-4(7(13)14)5(2)12(15)16/h1,6H,(H,13,14). The van der Waals surface area contributed by atoms with Gasteiger partial charge in [-0.2, -0.15) is 0 Å². The predicted molar refractivity (Wildman–Crippen MR) is 55.5 cm³/mol. The van der Waals surface area contributed by atoms with Gasteiger partial charge in [0.25, 0.3) is 6.43 Å². The number of halogens is 3. The van der Waals surface area contributed by atoms with Crippen LogP contribution in [0.3, 0.4) is 0 Å². The zero-order valence-electron chi connectivity index (χ0n) is 7.35. The van der Waals surface area contributed by atoms with Gasteiger partial charge in [0.15, 0.2) is 0 Å². The van der Waals surface area contributed by atoms with Crippen LogP contribution < -0.4 is 0 Å². The zero-order valence-corrected chi connectivity index (χ0v) is 9.51. The van der Waals surface area contributed by atoms with Crippen LogP contribution in [-0.4, -0.2) is 21.0 Å². The topological polar surface area (TPSA) is 93.3 Å². The zero-order chi connectivity index (χ0) is 12.5. The number of hydrogen-bond acceptors (Lipinski definition) is 4. The van der Waals surface area contributed by atoms with Crippen molar-refractivity contribution in [2.75, 3.05) is 0 Å². The molecular weight excluding hydrogens is 341 g/mol. The average Bonchev–Trinajstić information content (AvgIpc) is 2.15. The predicted octanol–water partition coefficient (Wildman–Crippen LogP) is 2.23. The average molecular weight is 344 g/mol. The Morgan fingerprint density at radius 2 is 2.19 bits per heavy atom. The van der Waals surface area contributed by atoms with Crippen molar-refractivity contribution in [2.24, 2.45) is 0 Å². The molecule has 1 aromatic rings. The van der Waals surface area contributed by atoms with E-state index in [0.29, 0.717) is 0 Å². The van der Waals surface area contributed by atoms with Crippen LogP contribution in [0.25, 0.3) is 0 Å². The van der Waals surface area contributed by atoms with Crippen LogP contribution in [-0.2, 0) is 0 Å². The lowest BCUT2D eigenvalue weighted by Gasteiger charge is -2.04. The van der Waals surface area contributed by atoms with Gasteiger partial charge in [0, 0.05) is 0 Å². The molecule has 1 aromatic heterocycles. The van der Waals surface area contributed by atoms with Gasteiger partial charge in [-0.1, -0.05) is 0 Å². The maximum absolute atomic E-state index is 12.5. The molecule has 0 saturated heterocycles. The smallest absolute Gasteiger partial charge is 0.361 e. The Labute approximate surface area is 101 Å². The Morgan fingerprint density at radius 3 is 2.56 bits per heavy atom. The van der Waals surface area contributed by atoms with Crippen LogP contribution in [0.5, 0.6) is 0 Å². The molecule has 0 radical (unpaired) electrons. The Bertz CT molecular complexity index is 466. The number of nitrogens with zero attached hydrogens (tertiary/aromatic N) is 2. The second-order valence-corrected chi connectivity index (χ2v) is 3.70. The number of carboxylic acids is 1. The van der Waals surface area contributed by atoms with Crippen LogP contribution in [0.15, 0.2) is 6.07 Å². The van der Waals surface area contributed by atoms with Crippen LogP contribution in [0.2, 0.25) is 0 Å². The second-order valence-electron chi connectivity index (χ2n) is 2.59. The summed E-state index contributed by atoms with van der Waals surface area (Å²) in [6.45, 7) is 0. The van der Waals surface area contributed by atoms with Gasteiger partial charge in [0.1, 0.15) is 9.26 Å². The fourth-order valence-electron chi connectivity index (χ4n) is 1.03. The van der Waals surface area contributed by atoms with Crippen LogP contribution >= 0.6 is 22.6 Å². The molecule has 1 N–H and O–H groups in total. The quantitative estimate of drug-likeness (QED) is 0.393. The van der Waals surface area contributed by atoms with Crippen LogP contribution in [0.1, 0.15) is 22.5 Å². The molecule has 9 heteroatoms. The summed E-state index contributed by atoms with van der Waals surface area (Å²) < 4.78 is 24.9. The monoisotopic (exact) mass is 344 g/mol. The summed E-state index contributed by atoms with van der Waals surface area (Å²) >= 11 is 1.51. The number of nitro groups is 1. The molecule has 0 aliphatic carbocycles. The third kappa shape index (κ3) is 2.40. The molecular formula is C7H3F2IN2O4. The van der Waals surface area contributed by atoms with Gasteiger partial charge in [0.05, 0.1) is 4.92 Å². The van der Waals surface area contributed by atoms with Crippen molar-refractivity contribution >= 4 is 34.2 Å². The minimum absolute atomic E-state index is 0.0455. The van der Waals surface area contributed by atoms with E-state index >= 15 is 0 Å². The van der Waals surface area contributed by atoms with Gasteiger partial charge in [-0.25, -0.2) is 18.6 Å².